The quantitative estimate of drug-likeness (QED) is 0.843. The zero-order chi connectivity index (χ0) is 14.8. The number of benzene rings is 1. The maximum atomic E-state index is 12.4. The zero-order valence-corrected chi connectivity index (χ0v) is 12.8. The molecule has 108 valence electrons. The first-order valence-electron chi connectivity index (χ1n) is 6.85. The van der Waals surface area contributed by atoms with E-state index in [1.54, 1.807) is 0 Å². The molecule has 1 N–H and O–H groups in total. The van der Waals surface area contributed by atoms with Gasteiger partial charge < -0.3 is 5.32 Å². The molecule has 3 rings (SSSR count). The number of nitrogens with zero attached hydrogens (tertiary/aromatic N) is 1. The van der Waals surface area contributed by atoms with E-state index >= 15 is 0 Å². The number of halogens is 2. The number of amides is 1. The van der Waals surface area contributed by atoms with Crippen molar-refractivity contribution in [3.05, 3.63) is 63.4 Å². The molecule has 2 aromatic rings. The fourth-order valence-electron chi connectivity index (χ4n) is 2.73. The Morgan fingerprint density at radius 2 is 2.10 bits per heavy atom. The molecule has 3 nitrogen and oxygen atoms in total. The molecule has 0 spiro atoms. The van der Waals surface area contributed by atoms with E-state index in [0.29, 0.717) is 10.6 Å². The molecule has 0 fully saturated rings. The van der Waals surface area contributed by atoms with Gasteiger partial charge in [-0.1, -0.05) is 47.5 Å². The lowest BCUT2D eigenvalue weighted by atomic mass is 9.87. The van der Waals surface area contributed by atoms with Crippen molar-refractivity contribution in [2.45, 2.75) is 25.3 Å². The van der Waals surface area contributed by atoms with E-state index in [1.165, 1.54) is 23.4 Å². The largest absolute Gasteiger partial charge is 0.345 e. The lowest BCUT2D eigenvalue weighted by Gasteiger charge is -2.26. The molecular weight excluding hydrogens is 307 g/mol. The molecule has 1 heterocycles. The zero-order valence-electron chi connectivity index (χ0n) is 11.3. The van der Waals surface area contributed by atoms with Crippen molar-refractivity contribution in [3.63, 3.8) is 0 Å². The van der Waals surface area contributed by atoms with Crippen LogP contribution in [0.5, 0.6) is 0 Å². The van der Waals surface area contributed by atoms with Crippen LogP contribution in [0.1, 0.15) is 40.4 Å². The van der Waals surface area contributed by atoms with Crippen LogP contribution in [0, 0.1) is 0 Å². The second-order valence-electron chi connectivity index (χ2n) is 5.10. The Morgan fingerprint density at radius 3 is 2.95 bits per heavy atom. The smallest absolute Gasteiger partial charge is 0.253 e. The first-order chi connectivity index (χ1) is 10.1. The normalized spacial score (nSPS) is 17.1. The summed E-state index contributed by atoms with van der Waals surface area (Å²) < 4.78 is 0. The van der Waals surface area contributed by atoms with Crippen LogP contribution in [0.2, 0.25) is 10.2 Å². The van der Waals surface area contributed by atoms with E-state index in [9.17, 15) is 4.79 Å². The van der Waals surface area contributed by atoms with Crippen LogP contribution in [-0.2, 0) is 6.42 Å². The molecule has 0 radical (unpaired) electrons. The fraction of sp³-hybridized carbons (Fsp3) is 0.250. The summed E-state index contributed by atoms with van der Waals surface area (Å²) in [5.74, 6) is -0.217. The van der Waals surface area contributed by atoms with E-state index in [1.807, 2.05) is 12.1 Å². The van der Waals surface area contributed by atoms with Crippen LogP contribution >= 0.6 is 23.2 Å². The van der Waals surface area contributed by atoms with Crippen LogP contribution in [0.25, 0.3) is 0 Å². The summed E-state index contributed by atoms with van der Waals surface area (Å²) >= 11 is 11.9. The number of fused-ring (bicyclic) bond motifs is 1. The maximum Gasteiger partial charge on any atom is 0.253 e. The van der Waals surface area contributed by atoms with Gasteiger partial charge in [0, 0.05) is 6.20 Å². The standard InChI is InChI=1S/C16H14Cl2N2O/c17-13-9-19-15(18)8-12(13)16(21)20-14-7-3-5-10-4-1-2-6-11(10)14/h1-2,4,6,8-9,14H,3,5,7H2,(H,20,21). The van der Waals surface area contributed by atoms with Gasteiger partial charge in [0.2, 0.25) is 0 Å². The highest BCUT2D eigenvalue weighted by Crippen LogP contribution is 2.30. The Bertz CT molecular complexity index is 688. The molecule has 1 aliphatic carbocycles. The van der Waals surface area contributed by atoms with Crippen LogP contribution in [0.4, 0.5) is 0 Å². The number of aryl methyl sites for hydroxylation is 1. The van der Waals surface area contributed by atoms with Crippen molar-refractivity contribution in [1.29, 1.82) is 0 Å². The molecular formula is C16H14Cl2N2O. The monoisotopic (exact) mass is 320 g/mol. The average Bonchev–Trinajstić information content (AvgIpc) is 2.50. The van der Waals surface area contributed by atoms with Crippen LogP contribution in [0.3, 0.4) is 0 Å². The summed E-state index contributed by atoms with van der Waals surface area (Å²) in [4.78, 5) is 16.3. The second kappa shape index (κ2) is 6.04. The number of hydrogen-bond donors (Lipinski definition) is 1. The van der Waals surface area contributed by atoms with Crippen molar-refractivity contribution >= 4 is 29.1 Å². The number of aromatic nitrogens is 1. The Labute approximate surface area is 133 Å². The Morgan fingerprint density at radius 1 is 1.29 bits per heavy atom. The number of carbonyl (C=O) groups is 1. The number of nitrogens with one attached hydrogen (secondary N) is 1. The van der Waals surface area contributed by atoms with Crippen molar-refractivity contribution < 1.29 is 4.79 Å². The SMILES string of the molecule is O=C(NC1CCCc2ccccc21)c1cc(Cl)ncc1Cl. The number of pyridine rings is 1. The number of carbonyl (C=O) groups excluding carboxylic acids is 1. The van der Waals surface area contributed by atoms with Gasteiger partial charge in [0.05, 0.1) is 16.6 Å². The van der Waals surface area contributed by atoms with Gasteiger partial charge in [0.25, 0.3) is 5.91 Å². The number of hydrogen-bond acceptors (Lipinski definition) is 2. The van der Waals surface area contributed by atoms with Gasteiger partial charge in [-0.05, 0) is 36.5 Å². The molecule has 0 saturated carbocycles. The van der Waals surface area contributed by atoms with Gasteiger partial charge >= 0.3 is 0 Å². The van der Waals surface area contributed by atoms with Gasteiger partial charge in [-0.15, -0.1) is 0 Å². The minimum atomic E-state index is -0.217. The molecule has 1 amide bonds. The first-order valence-corrected chi connectivity index (χ1v) is 7.60. The molecule has 1 aliphatic rings. The van der Waals surface area contributed by atoms with E-state index in [4.69, 9.17) is 23.2 Å². The van der Waals surface area contributed by atoms with Crippen molar-refractivity contribution in [1.82, 2.24) is 10.3 Å². The summed E-state index contributed by atoms with van der Waals surface area (Å²) in [7, 11) is 0. The Balaban J connectivity index is 1.84. The Hall–Kier alpha value is -1.58. The predicted molar refractivity (Wildman–Crippen MR) is 83.8 cm³/mol. The molecule has 0 aliphatic heterocycles. The molecule has 5 heteroatoms. The third kappa shape index (κ3) is 3.04. The van der Waals surface area contributed by atoms with E-state index in [-0.39, 0.29) is 17.1 Å². The molecule has 0 saturated heterocycles. The average molecular weight is 321 g/mol. The summed E-state index contributed by atoms with van der Waals surface area (Å²) in [5, 5.41) is 3.61. The topological polar surface area (TPSA) is 42.0 Å². The van der Waals surface area contributed by atoms with E-state index in [0.717, 1.165) is 19.3 Å². The molecule has 21 heavy (non-hydrogen) atoms. The van der Waals surface area contributed by atoms with Gasteiger partial charge in [-0.2, -0.15) is 0 Å². The molecule has 1 atom stereocenters. The van der Waals surface area contributed by atoms with Crippen molar-refractivity contribution in [2.75, 3.05) is 0 Å². The lowest BCUT2D eigenvalue weighted by Crippen LogP contribution is -2.31. The van der Waals surface area contributed by atoms with Crippen molar-refractivity contribution in [3.8, 4) is 0 Å². The van der Waals surface area contributed by atoms with Crippen LogP contribution in [-0.4, -0.2) is 10.9 Å². The molecule has 1 unspecified atom stereocenters. The van der Waals surface area contributed by atoms with E-state index in [2.05, 4.69) is 22.4 Å². The minimum absolute atomic E-state index is 0.0189. The third-order valence-electron chi connectivity index (χ3n) is 3.74. The van der Waals surface area contributed by atoms with Gasteiger partial charge in [0.15, 0.2) is 0 Å². The van der Waals surface area contributed by atoms with Crippen LogP contribution in [0.15, 0.2) is 36.5 Å². The lowest BCUT2D eigenvalue weighted by molar-refractivity contribution is 0.0933. The highest BCUT2D eigenvalue weighted by molar-refractivity contribution is 6.35. The maximum absolute atomic E-state index is 12.4. The summed E-state index contributed by atoms with van der Waals surface area (Å²) in [5.41, 5.74) is 2.85. The summed E-state index contributed by atoms with van der Waals surface area (Å²) in [6.07, 6.45) is 4.45. The Kier molecular flexibility index (Phi) is 4.13. The van der Waals surface area contributed by atoms with Gasteiger partial charge in [-0.25, -0.2) is 4.98 Å². The predicted octanol–water partition coefficient (Wildman–Crippen LogP) is 4.20. The molecule has 1 aromatic heterocycles. The minimum Gasteiger partial charge on any atom is -0.345 e. The van der Waals surface area contributed by atoms with Crippen LogP contribution < -0.4 is 5.32 Å². The number of rotatable bonds is 2. The fourth-order valence-corrected chi connectivity index (χ4v) is 3.07. The third-order valence-corrected chi connectivity index (χ3v) is 4.25. The highest BCUT2D eigenvalue weighted by atomic mass is 35.5. The second-order valence-corrected chi connectivity index (χ2v) is 5.90. The first kappa shape index (κ1) is 14.4. The van der Waals surface area contributed by atoms with Gasteiger partial charge in [0.1, 0.15) is 5.15 Å². The van der Waals surface area contributed by atoms with Crippen molar-refractivity contribution in [2.24, 2.45) is 0 Å². The van der Waals surface area contributed by atoms with Gasteiger partial charge in [-0.3, -0.25) is 4.79 Å². The summed E-state index contributed by atoms with van der Waals surface area (Å²) in [6.45, 7) is 0. The van der Waals surface area contributed by atoms with E-state index < -0.39 is 0 Å². The molecule has 1 aromatic carbocycles. The highest BCUT2D eigenvalue weighted by Gasteiger charge is 2.22. The summed E-state index contributed by atoms with van der Waals surface area (Å²) in [6, 6.07) is 9.73. The molecule has 0 bridgehead atoms.